The van der Waals surface area contributed by atoms with E-state index in [1.807, 2.05) is 60.7 Å². The third-order valence-electron chi connectivity index (χ3n) is 6.26. The number of nitrogens with zero attached hydrogens (tertiary/aromatic N) is 1. The maximum atomic E-state index is 13.6. The number of halogens is 1. The molecular weight excluding hydrogens is 443 g/mol. The van der Waals surface area contributed by atoms with E-state index in [4.69, 9.17) is 4.74 Å². The Labute approximate surface area is 205 Å². The second-order valence-electron chi connectivity index (χ2n) is 8.90. The number of amides is 2. The van der Waals surface area contributed by atoms with E-state index >= 15 is 0 Å². The first-order chi connectivity index (χ1) is 17.1. The molecule has 4 rings (SSSR count). The zero-order valence-corrected chi connectivity index (χ0v) is 19.7. The fraction of sp³-hybridized carbons (Fsp3) is 0.310. The van der Waals surface area contributed by atoms with Crippen LogP contribution in [0.3, 0.4) is 0 Å². The molecule has 35 heavy (non-hydrogen) atoms. The van der Waals surface area contributed by atoms with Gasteiger partial charge in [0.05, 0.1) is 12.5 Å². The van der Waals surface area contributed by atoms with Crippen molar-refractivity contribution in [2.24, 2.45) is 0 Å². The van der Waals surface area contributed by atoms with E-state index in [1.54, 1.807) is 17.0 Å². The Morgan fingerprint density at radius 2 is 1.57 bits per heavy atom. The van der Waals surface area contributed by atoms with Gasteiger partial charge in [0.25, 0.3) is 0 Å². The van der Waals surface area contributed by atoms with Crippen molar-refractivity contribution in [2.75, 3.05) is 13.2 Å². The first-order valence-corrected chi connectivity index (χ1v) is 12.1. The molecule has 1 heterocycles. The van der Waals surface area contributed by atoms with E-state index in [1.165, 1.54) is 12.1 Å². The Bertz CT molecular complexity index is 1080. The van der Waals surface area contributed by atoms with E-state index in [9.17, 15) is 14.0 Å². The van der Waals surface area contributed by atoms with E-state index in [0.29, 0.717) is 19.6 Å². The predicted octanol–water partition coefficient (Wildman–Crippen LogP) is 4.30. The number of rotatable bonds is 10. The minimum atomic E-state index is -0.722. The highest BCUT2D eigenvalue weighted by molar-refractivity contribution is 5.88. The predicted molar refractivity (Wildman–Crippen MR) is 133 cm³/mol. The van der Waals surface area contributed by atoms with Gasteiger partial charge in [-0.25, -0.2) is 4.39 Å². The molecule has 3 aromatic carbocycles. The Hall–Kier alpha value is -3.51. The van der Waals surface area contributed by atoms with Crippen molar-refractivity contribution in [1.82, 2.24) is 10.2 Å². The molecule has 2 amide bonds. The number of nitrogens with one attached hydrogen (secondary N) is 1. The number of benzene rings is 3. The molecule has 2 unspecified atom stereocenters. The molecule has 1 fully saturated rings. The molecule has 3 aromatic rings. The molecule has 6 heteroatoms. The summed E-state index contributed by atoms with van der Waals surface area (Å²) in [4.78, 5) is 28.8. The SMILES string of the molecule is O=C(NCC1CCCO1)C(Cc1ccccc1)N(Cc1ccc(F)cc1)C(=O)Cc1ccccc1. The summed E-state index contributed by atoms with van der Waals surface area (Å²) in [5.41, 5.74) is 2.60. The van der Waals surface area contributed by atoms with Crippen molar-refractivity contribution in [1.29, 1.82) is 0 Å². The Balaban J connectivity index is 1.61. The molecule has 182 valence electrons. The summed E-state index contributed by atoms with van der Waals surface area (Å²) in [7, 11) is 0. The largest absolute Gasteiger partial charge is 0.376 e. The van der Waals surface area contributed by atoms with Crippen molar-refractivity contribution in [3.63, 3.8) is 0 Å². The summed E-state index contributed by atoms with van der Waals surface area (Å²) in [5, 5.41) is 3.02. The van der Waals surface area contributed by atoms with Crippen LogP contribution in [-0.2, 0) is 33.7 Å². The van der Waals surface area contributed by atoms with Gasteiger partial charge >= 0.3 is 0 Å². The molecule has 1 aliphatic heterocycles. The number of hydrogen-bond acceptors (Lipinski definition) is 3. The monoisotopic (exact) mass is 474 g/mol. The zero-order chi connectivity index (χ0) is 24.5. The normalized spacial score (nSPS) is 16.0. The van der Waals surface area contributed by atoms with E-state index in [-0.39, 0.29) is 36.7 Å². The van der Waals surface area contributed by atoms with Gasteiger partial charge in [-0.05, 0) is 41.7 Å². The summed E-state index contributed by atoms with van der Waals surface area (Å²) in [6.07, 6.45) is 2.45. The van der Waals surface area contributed by atoms with Crippen LogP contribution in [0.4, 0.5) is 4.39 Å². The fourth-order valence-electron chi connectivity index (χ4n) is 4.35. The van der Waals surface area contributed by atoms with Crippen molar-refractivity contribution in [3.05, 3.63) is 107 Å². The topological polar surface area (TPSA) is 58.6 Å². The van der Waals surface area contributed by atoms with Gasteiger partial charge in [-0.1, -0.05) is 72.8 Å². The highest BCUT2D eigenvalue weighted by atomic mass is 19.1. The van der Waals surface area contributed by atoms with Gasteiger partial charge < -0.3 is 15.0 Å². The lowest BCUT2D eigenvalue weighted by Gasteiger charge is -2.32. The van der Waals surface area contributed by atoms with E-state index in [0.717, 1.165) is 29.5 Å². The molecule has 0 spiro atoms. The van der Waals surface area contributed by atoms with Crippen molar-refractivity contribution in [3.8, 4) is 0 Å². The van der Waals surface area contributed by atoms with Crippen LogP contribution in [0.2, 0.25) is 0 Å². The standard InChI is InChI=1S/C29H31FN2O3/c30-25-15-13-24(14-16-25)21-32(28(33)19-23-10-5-2-6-11-23)27(18-22-8-3-1-4-9-22)29(34)31-20-26-12-7-17-35-26/h1-6,8-11,13-16,26-27H,7,12,17-21H2,(H,31,34). The molecular formula is C29H31FN2O3. The minimum absolute atomic E-state index is 0.00175. The molecule has 1 aliphatic rings. The minimum Gasteiger partial charge on any atom is -0.376 e. The van der Waals surface area contributed by atoms with Crippen molar-refractivity contribution >= 4 is 11.8 Å². The summed E-state index contributed by atoms with van der Waals surface area (Å²) in [6, 6.07) is 24.5. The Kier molecular flexibility index (Phi) is 8.63. The fourth-order valence-corrected chi connectivity index (χ4v) is 4.35. The lowest BCUT2D eigenvalue weighted by atomic mass is 10.0. The summed E-state index contributed by atoms with van der Waals surface area (Å²) < 4.78 is 19.2. The highest BCUT2D eigenvalue weighted by Crippen LogP contribution is 2.18. The van der Waals surface area contributed by atoms with Gasteiger partial charge in [-0.15, -0.1) is 0 Å². The van der Waals surface area contributed by atoms with Gasteiger partial charge in [-0.2, -0.15) is 0 Å². The molecule has 0 saturated carbocycles. The van der Waals surface area contributed by atoms with E-state index in [2.05, 4.69) is 5.32 Å². The van der Waals surface area contributed by atoms with Crippen LogP contribution in [-0.4, -0.2) is 42.0 Å². The van der Waals surface area contributed by atoms with Gasteiger partial charge in [0, 0.05) is 26.1 Å². The van der Waals surface area contributed by atoms with E-state index < -0.39 is 6.04 Å². The average molecular weight is 475 g/mol. The molecule has 2 atom stereocenters. The Morgan fingerprint density at radius 1 is 0.914 bits per heavy atom. The smallest absolute Gasteiger partial charge is 0.243 e. The van der Waals surface area contributed by atoms with Crippen molar-refractivity contribution in [2.45, 2.75) is 44.4 Å². The van der Waals surface area contributed by atoms with Crippen LogP contribution in [0, 0.1) is 5.82 Å². The molecule has 0 radical (unpaired) electrons. The number of hydrogen-bond donors (Lipinski definition) is 1. The molecule has 5 nitrogen and oxygen atoms in total. The van der Waals surface area contributed by atoms with Gasteiger partial charge in [0.1, 0.15) is 11.9 Å². The first kappa shape index (κ1) is 24.6. The second kappa shape index (κ2) is 12.3. The highest BCUT2D eigenvalue weighted by Gasteiger charge is 2.31. The molecule has 0 aromatic heterocycles. The molecule has 1 N–H and O–H groups in total. The quantitative estimate of drug-likeness (QED) is 0.477. The molecule has 1 saturated heterocycles. The van der Waals surface area contributed by atoms with Crippen LogP contribution in [0.25, 0.3) is 0 Å². The number of ether oxygens (including phenoxy) is 1. The summed E-state index contributed by atoms with van der Waals surface area (Å²) in [6.45, 7) is 1.33. The van der Waals surface area contributed by atoms with Crippen LogP contribution < -0.4 is 5.32 Å². The first-order valence-electron chi connectivity index (χ1n) is 12.1. The van der Waals surface area contributed by atoms with Gasteiger partial charge in [-0.3, -0.25) is 9.59 Å². The zero-order valence-electron chi connectivity index (χ0n) is 19.7. The number of carbonyl (C=O) groups is 2. The van der Waals surface area contributed by atoms with Crippen molar-refractivity contribution < 1.29 is 18.7 Å². The molecule has 0 bridgehead atoms. The molecule has 0 aliphatic carbocycles. The maximum absolute atomic E-state index is 13.6. The lowest BCUT2D eigenvalue weighted by Crippen LogP contribution is -2.52. The summed E-state index contributed by atoms with van der Waals surface area (Å²) in [5.74, 6) is -0.715. The van der Waals surface area contributed by atoms with Gasteiger partial charge in [0.2, 0.25) is 11.8 Å². The third kappa shape index (κ3) is 7.23. The lowest BCUT2D eigenvalue weighted by molar-refractivity contribution is -0.141. The second-order valence-corrected chi connectivity index (χ2v) is 8.90. The Morgan fingerprint density at radius 3 is 2.20 bits per heavy atom. The van der Waals surface area contributed by atoms with Gasteiger partial charge in [0.15, 0.2) is 0 Å². The summed E-state index contributed by atoms with van der Waals surface area (Å²) >= 11 is 0. The maximum Gasteiger partial charge on any atom is 0.243 e. The van der Waals surface area contributed by atoms with Crippen LogP contribution in [0.5, 0.6) is 0 Å². The van der Waals surface area contributed by atoms with Crippen LogP contribution in [0.15, 0.2) is 84.9 Å². The van der Waals surface area contributed by atoms with Crippen LogP contribution >= 0.6 is 0 Å². The third-order valence-corrected chi connectivity index (χ3v) is 6.26. The number of carbonyl (C=O) groups excluding carboxylic acids is 2. The average Bonchev–Trinajstić information content (AvgIpc) is 3.41. The van der Waals surface area contributed by atoms with Crippen LogP contribution in [0.1, 0.15) is 29.5 Å².